The molecule has 0 radical (unpaired) electrons. The van der Waals surface area contributed by atoms with Crippen molar-refractivity contribution in [3.63, 3.8) is 0 Å². The number of nitrogens with zero attached hydrogens (tertiary/aromatic N) is 3. The van der Waals surface area contributed by atoms with Crippen LogP contribution >= 0.6 is 11.3 Å². The molecule has 130 valence electrons. The van der Waals surface area contributed by atoms with Crippen LogP contribution in [0.1, 0.15) is 49.1 Å². The number of fused-ring (bicyclic) bond motifs is 1. The van der Waals surface area contributed by atoms with Gasteiger partial charge in [-0.2, -0.15) is 0 Å². The van der Waals surface area contributed by atoms with Crippen molar-refractivity contribution in [3.8, 4) is 0 Å². The van der Waals surface area contributed by atoms with Gasteiger partial charge in [0.2, 0.25) is 11.8 Å². The first-order valence-corrected chi connectivity index (χ1v) is 9.76. The Morgan fingerprint density at radius 3 is 2.79 bits per heavy atom. The average Bonchev–Trinajstić information content (AvgIpc) is 3.22. The van der Waals surface area contributed by atoms with E-state index in [4.69, 9.17) is 5.73 Å². The molecule has 24 heavy (non-hydrogen) atoms. The maximum absolute atomic E-state index is 13.0. The monoisotopic (exact) mass is 348 g/mol. The Hall–Kier alpha value is -1.63. The van der Waals surface area contributed by atoms with Crippen LogP contribution in [0.3, 0.4) is 0 Å². The minimum Gasteiger partial charge on any atom is -0.375 e. The molecule has 0 spiro atoms. The predicted octanol–water partition coefficient (Wildman–Crippen LogP) is 1.79. The van der Waals surface area contributed by atoms with Crippen molar-refractivity contribution >= 4 is 28.3 Å². The van der Waals surface area contributed by atoms with E-state index in [0.717, 1.165) is 29.8 Å². The van der Waals surface area contributed by atoms with Gasteiger partial charge in [-0.25, -0.2) is 4.98 Å². The van der Waals surface area contributed by atoms with Crippen molar-refractivity contribution in [2.45, 2.75) is 57.5 Å². The fourth-order valence-electron chi connectivity index (χ4n) is 4.30. The number of rotatable bonds is 2. The summed E-state index contributed by atoms with van der Waals surface area (Å²) in [6, 6.07) is 0.363. The zero-order valence-corrected chi connectivity index (χ0v) is 14.7. The number of nitrogen functional groups attached to an aromatic ring is 1. The number of nitrogens with two attached hydrogens (primary N) is 1. The Balaban J connectivity index is 1.43. The van der Waals surface area contributed by atoms with Crippen molar-refractivity contribution in [1.82, 2.24) is 14.8 Å². The maximum Gasteiger partial charge on any atom is 0.227 e. The van der Waals surface area contributed by atoms with Gasteiger partial charge in [-0.3, -0.25) is 9.59 Å². The van der Waals surface area contributed by atoms with Gasteiger partial charge in [0.1, 0.15) is 0 Å². The van der Waals surface area contributed by atoms with Crippen molar-refractivity contribution in [2.24, 2.45) is 5.92 Å². The van der Waals surface area contributed by atoms with E-state index in [9.17, 15) is 9.59 Å². The minimum absolute atomic E-state index is 0.0462. The van der Waals surface area contributed by atoms with Crippen LogP contribution in [0.15, 0.2) is 0 Å². The van der Waals surface area contributed by atoms with E-state index in [0.29, 0.717) is 43.6 Å². The topological polar surface area (TPSA) is 79.5 Å². The molecule has 0 bridgehead atoms. The van der Waals surface area contributed by atoms with Crippen LogP contribution in [0.5, 0.6) is 0 Å². The minimum atomic E-state index is -0.0462. The smallest absolute Gasteiger partial charge is 0.227 e. The Labute approximate surface area is 146 Å². The third-order valence-corrected chi connectivity index (χ3v) is 6.53. The number of hydrogen-bond acceptors (Lipinski definition) is 5. The molecule has 0 unspecified atom stereocenters. The maximum atomic E-state index is 13.0. The molecule has 6 nitrogen and oxygen atoms in total. The normalized spacial score (nSPS) is 25.2. The summed E-state index contributed by atoms with van der Waals surface area (Å²) in [6.45, 7) is 1.94. The molecule has 4 rings (SSSR count). The molecule has 1 aromatic heterocycles. The van der Waals surface area contributed by atoms with E-state index in [1.165, 1.54) is 24.2 Å². The molecular weight excluding hydrogens is 324 g/mol. The van der Waals surface area contributed by atoms with Gasteiger partial charge in [0.25, 0.3) is 0 Å². The summed E-state index contributed by atoms with van der Waals surface area (Å²) >= 11 is 1.49. The molecule has 2 fully saturated rings. The van der Waals surface area contributed by atoms with Crippen LogP contribution in [0.25, 0.3) is 0 Å². The highest BCUT2D eigenvalue weighted by molar-refractivity contribution is 7.15. The molecular formula is C17H24N4O2S. The van der Waals surface area contributed by atoms with Crippen molar-refractivity contribution in [1.29, 1.82) is 0 Å². The van der Waals surface area contributed by atoms with Gasteiger partial charge in [-0.05, 0) is 19.3 Å². The number of piperidine rings is 1. The Morgan fingerprint density at radius 2 is 2.00 bits per heavy atom. The van der Waals surface area contributed by atoms with Crippen LogP contribution < -0.4 is 5.73 Å². The number of likely N-dealkylation sites (tertiary alicyclic amines) is 1. The predicted molar refractivity (Wildman–Crippen MR) is 92.3 cm³/mol. The fourth-order valence-corrected chi connectivity index (χ4v) is 5.20. The Morgan fingerprint density at radius 1 is 1.21 bits per heavy atom. The van der Waals surface area contributed by atoms with Crippen molar-refractivity contribution in [3.05, 3.63) is 10.6 Å². The van der Waals surface area contributed by atoms with Crippen LogP contribution in [0.4, 0.5) is 5.13 Å². The van der Waals surface area contributed by atoms with Gasteiger partial charge in [0, 0.05) is 36.9 Å². The molecule has 2 N–H and O–H groups in total. The highest BCUT2D eigenvalue weighted by Gasteiger charge is 2.37. The van der Waals surface area contributed by atoms with Gasteiger partial charge in [-0.15, -0.1) is 11.3 Å². The second-order valence-corrected chi connectivity index (χ2v) is 8.27. The third kappa shape index (κ3) is 2.90. The summed E-state index contributed by atoms with van der Waals surface area (Å²) in [7, 11) is 0. The number of carbonyl (C=O) groups excluding carboxylic acids is 2. The Bertz CT molecular complexity index is 653. The number of hydrogen-bond donors (Lipinski definition) is 1. The molecule has 3 heterocycles. The standard InChI is InChI=1S/C17H24N4O2S/c18-17-19-13-7-8-20(10-14(13)24-17)16(23)11-5-6-15(22)21(9-11)12-3-1-2-4-12/h11-12H,1-10H2,(H2,18,19)/t11-/m1/s1. The molecule has 1 saturated heterocycles. The summed E-state index contributed by atoms with van der Waals surface area (Å²) in [5, 5.41) is 0.588. The first-order chi connectivity index (χ1) is 11.6. The van der Waals surface area contributed by atoms with Gasteiger partial charge in [-0.1, -0.05) is 12.8 Å². The van der Waals surface area contributed by atoms with Crippen LogP contribution in [-0.2, 0) is 22.6 Å². The lowest BCUT2D eigenvalue weighted by Crippen LogP contribution is -2.50. The second kappa shape index (κ2) is 6.35. The van der Waals surface area contributed by atoms with Gasteiger partial charge < -0.3 is 15.5 Å². The van der Waals surface area contributed by atoms with Crippen molar-refractivity contribution < 1.29 is 9.59 Å². The molecule has 0 aromatic carbocycles. The highest BCUT2D eigenvalue weighted by Crippen LogP contribution is 2.31. The molecule has 1 saturated carbocycles. The zero-order chi connectivity index (χ0) is 16.7. The van der Waals surface area contributed by atoms with Crippen LogP contribution in [0.2, 0.25) is 0 Å². The lowest BCUT2D eigenvalue weighted by molar-refractivity contribution is -0.145. The number of aromatic nitrogens is 1. The van der Waals surface area contributed by atoms with Crippen molar-refractivity contribution in [2.75, 3.05) is 18.8 Å². The van der Waals surface area contributed by atoms with Gasteiger partial charge >= 0.3 is 0 Å². The number of thiazole rings is 1. The summed E-state index contributed by atoms with van der Waals surface area (Å²) in [6.07, 6.45) is 6.59. The molecule has 2 amide bonds. The van der Waals surface area contributed by atoms with E-state index in [1.807, 2.05) is 9.80 Å². The van der Waals surface area contributed by atoms with Crippen LogP contribution in [0, 0.1) is 5.92 Å². The highest BCUT2D eigenvalue weighted by atomic mass is 32.1. The molecule has 3 aliphatic rings. The van der Waals surface area contributed by atoms with E-state index in [1.54, 1.807) is 0 Å². The first kappa shape index (κ1) is 15.9. The Kier molecular flexibility index (Phi) is 4.20. The summed E-state index contributed by atoms with van der Waals surface area (Å²) in [5.41, 5.74) is 6.83. The van der Waals surface area contributed by atoms with E-state index >= 15 is 0 Å². The average molecular weight is 348 g/mol. The lowest BCUT2D eigenvalue weighted by atomic mass is 9.93. The van der Waals surface area contributed by atoms with E-state index < -0.39 is 0 Å². The molecule has 2 aliphatic heterocycles. The van der Waals surface area contributed by atoms with Gasteiger partial charge in [0.15, 0.2) is 5.13 Å². The summed E-state index contributed by atoms with van der Waals surface area (Å²) in [5.74, 6) is 0.389. The number of anilines is 1. The molecule has 1 atom stereocenters. The first-order valence-electron chi connectivity index (χ1n) is 8.94. The number of amides is 2. The summed E-state index contributed by atoms with van der Waals surface area (Å²) < 4.78 is 0. The fraction of sp³-hybridized carbons (Fsp3) is 0.706. The zero-order valence-electron chi connectivity index (χ0n) is 13.9. The largest absolute Gasteiger partial charge is 0.375 e. The molecule has 7 heteroatoms. The lowest BCUT2D eigenvalue weighted by Gasteiger charge is -2.38. The SMILES string of the molecule is Nc1nc2c(s1)CN(C(=O)[C@@H]1CCC(=O)N(C3CCCC3)C1)CC2. The van der Waals surface area contributed by atoms with Gasteiger partial charge in [0.05, 0.1) is 18.2 Å². The molecule has 1 aromatic rings. The quantitative estimate of drug-likeness (QED) is 0.884. The third-order valence-electron chi connectivity index (χ3n) is 5.62. The van der Waals surface area contributed by atoms with E-state index in [2.05, 4.69) is 4.98 Å². The molecule has 1 aliphatic carbocycles. The van der Waals surface area contributed by atoms with E-state index in [-0.39, 0.29) is 17.7 Å². The second-order valence-electron chi connectivity index (χ2n) is 7.15. The number of carbonyl (C=O) groups is 2. The summed E-state index contributed by atoms with van der Waals surface area (Å²) in [4.78, 5) is 34.6. The van der Waals surface area contributed by atoms with Crippen LogP contribution in [-0.4, -0.2) is 45.7 Å².